The number of carbonyl (C=O) groups excluding carboxylic acids is 1. The molecule has 1 saturated heterocycles. The summed E-state index contributed by atoms with van der Waals surface area (Å²) in [6.45, 7) is 5.84. The molecule has 2 aliphatic rings. The van der Waals surface area contributed by atoms with Gasteiger partial charge in [-0.1, -0.05) is 6.08 Å². The van der Waals surface area contributed by atoms with Crippen molar-refractivity contribution < 1.29 is 14.3 Å². The van der Waals surface area contributed by atoms with E-state index in [9.17, 15) is 4.79 Å². The Morgan fingerprint density at radius 2 is 2.26 bits per heavy atom. The van der Waals surface area contributed by atoms with Crippen molar-refractivity contribution in [1.29, 1.82) is 0 Å². The number of hydrazone groups is 1. The highest BCUT2D eigenvalue weighted by Crippen LogP contribution is 2.20. The van der Waals surface area contributed by atoms with Crippen LogP contribution in [0.25, 0.3) is 0 Å². The van der Waals surface area contributed by atoms with E-state index in [-0.39, 0.29) is 11.9 Å². The minimum Gasteiger partial charge on any atom is -0.461 e. The molecule has 5 nitrogen and oxygen atoms in total. The zero-order valence-corrected chi connectivity index (χ0v) is 14.7. The largest absolute Gasteiger partial charge is 0.461 e. The molecular formula is C18H30N2O3. The molecular weight excluding hydrogens is 292 g/mol. The number of methoxy groups -OCH3 is 1. The van der Waals surface area contributed by atoms with Crippen LogP contribution in [0.4, 0.5) is 0 Å². The summed E-state index contributed by atoms with van der Waals surface area (Å²) in [7, 11) is 1.72. The maximum absolute atomic E-state index is 12.2. The van der Waals surface area contributed by atoms with E-state index in [0.717, 1.165) is 37.9 Å². The van der Waals surface area contributed by atoms with E-state index in [1.54, 1.807) is 7.11 Å². The number of nitrogens with zero attached hydrogens (tertiary/aromatic N) is 2. The van der Waals surface area contributed by atoms with Crippen LogP contribution in [0.2, 0.25) is 0 Å². The molecule has 0 saturated carbocycles. The van der Waals surface area contributed by atoms with Crippen LogP contribution >= 0.6 is 0 Å². The summed E-state index contributed by atoms with van der Waals surface area (Å²) in [6.07, 6.45) is 9.05. The van der Waals surface area contributed by atoms with Crippen LogP contribution in [0, 0.1) is 5.92 Å². The molecule has 0 N–H and O–H groups in total. The van der Waals surface area contributed by atoms with E-state index in [1.807, 2.05) is 13.8 Å². The molecule has 23 heavy (non-hydrogen) atoms. The van der Waals surface area contributed by atoms with Gasteiger partial charge < -0.3 is 9.47 Å². The first kappa shape index (κ1) is 18.0. The second kappa shape index (κ2) is 9.06. The van der Waals surface area contributed by atoms with Crippen molar-refractivity contribution in [3.05, 3.63) is 11.6 Å². The fourth-order valence-corrected chi connectivity index (χ4v) is 3.10. The van der Waals surface area contributed by atoms with Gasteiger partial charge in [-0.15, -0.1) is 0 Å². The maximum atomic E-state index is 12.2. The second-order valence-electron chi connectivity index (χ2n) is 6.59. The summed E-state index contributed by atoms with van der Waals surface area (Å²) in [6, 6.07) is 0.325. The quantitative estimate of drug-likeness (QED) is 0.410. The lowest BCUT2D eigenvalue weighted by Gasteiger charge is -2.23. The molecule has 5 heteroatoms. The van der Waals surface area contributed by atoms with Gasteiger partial charge in [-0.05, 0) is 57.9 Å². The van der Waals surface area contributed by atoms with Gasteiger partial charge in [-0.3, -0.25) is 9.80 Å². The lowest BCUT2D eigenvalue weighted by atomic mass is 10.0. The molecule has 0 amide bonds. The van der Waals surface area contributed by atoms with Crippen LogP contribution in [-0.2, 0) is 14.3 Å². The molecule has 0 spiro atoms. The van der Waals surface area contributed by atoms with Crippen LogP contribution in [0.5, 0.6) is 0 Å². The Morgan fingerprint density at radius 1 is 1.43 bits per heavy atom. The van der Waals surface area contributed by atoms with Crippen molar-refractivity contribution in [3.8, 4) is 0 Å². The van der Waals surface area contributed by atoms with Crippen molar-refractivity contribution in [2.24, 2.45) is 11.0 Å². The Labute approximate surface area is 139 Å². The summed E-state index contributed by atoms with van der Waals surface area (Å²) in [5.41, 5.74) is 2.07. The summed E-state index contributed by atoms with van der Waals surface area (Å²) in [5, 5.41) is 6.71. The Hall–Kier alpha value is -1.36. The van der Waals surface area contributed by atoms with Gasteiger partial charge in [-0.2, -0.15) is 5.10 Å². The van der Waals surface area contributed by atoms with Gasteiger partial charge in [0, 0.05) is 19.4 Å². The fourth-order valence-electron chi connectivity index (χ4n) is 3.10. The van der Waals surface area contributed by atoms with E-state index in [0.29, 0.717) is 19.3 Å². The van der Waals surface area contributed by atoms with Crippen molar-refractivity contribution in [2.45, 2.75) is 58.4 Å². The standard InChI is InChI=1S/C18H30N2O3/c1-14(18(21)23-12-16-8-5-4-6-9-16)15(2)19-20-11-7-10-17(20)13-22-3/h8,14,17H,4-7,9-13H2,1-3H3/b19-15+/t14?,17-/m0/s1. The number of hydrogen-bond acceptors (Lipinski definition) is 5. The minimum absolute atomic E-state index is 0.180. The first-order chi connectivity index (χ1) is 11.1. The van der Waals surface area contributed by atoms with Gasteiger partial charge in [0.1, 0.15) is 6.61 Å². The highest BCUT2D eigenvalue weighted by molar-refractivity contribution is 6.00. The molecule has 2 rings (SSSR count). The molecule has 0 bridgehead atoms. The van der Waals surface area contributed by atoms with Crippen molar-refractivity contribution in [1.82, 2.24) is 5.01 Å². The number of hydrogen-bond donors (Lipinski definition) is 0. The van der Waals surface area contributed by atoms with Crippen molar-refractivity contribution >= 4 is 11.7 Å². The summed E-state index contributed by atoms with van der Waals surface area (Å²) in [5.74, 6) is -0.483. The van der Waals surface area contributed by atoms with E-state index in [2.05, 4.69) is 16.2 Å². The summed E-state index contributed by atoms with van der Waals surface area (Å²) < 4.78 is 10.7. The highest BCUT2D eigenvalue weighted by Gasteiger charge is 2.25. The van der Waals surface area contributed by atoms with Crippen LogP contribution < -0.4 is 0 Å². The lowest BCUT2D eigenvalue weighted by Crippen LogP contribution is -2.31. The Kier molecular flexibility index (Phi) is 7.09. The Morgan fingerprint density at radius 3 is 2.96 bits per heavy atom. The number of ether oxygens (including phenoxy) is 2. The van der Waals surface area contributed by atoms with Gasteiger partial charge in [0.15, 0.2) is 0 Å². The molecule has 1 aliphatic heterocycles. The lowest BCUT2D eigenvalue weighted by molar-refractivity contribution is -0.144. The molecule has 0 aromatic carbocycles. The van der Waals surface area contributed by atoms with E-state index >= 15 is 0 Å². The minimum atomic E-state index is -0.303. The van der Waals surface area contributed by atoms with Gasteiger partial charge in [-0.25, -0.2) is 0 Å². The average molecular weight is 322 g/mol. The van der Waals surface area contributed by atoms with Crippen LogP contribution in [0.15, 0.2) is 16.8 Å². The van der Waals surface area contributed by atoms with Crippen LogP contribution in [0.1, 0.15) is 52.4 Å². The monoisotopic (exact) mass is 322 g/mol. The SMILES string of the molecule is COC[C@@H]1CCCN1/N=C(\C)C(C)C(=O)OCC1=CCCCC1. The Balaban J connectivity index is 1.85. The third-order valence-corrected chi connectivity index (χ3v) is 4.76. The van der Waals surface area contributed by atoms with Crippen LogP contribution in [-0.4, -0.2) is 49.6 Å². The smallest absolute Gasteiger partial charge is 0.314 e. The Bertz CT molecular complexity index is 459. The molecule has 1 unspecified atom stereocenters. The average Bonchev–Trinajstić information content (AvgIpc) is 3.00. The normalized spacial score (nSPS) is 23.6. The molecule has 1 fully saturated rings. The fraction of sp³-hybridized carbons (Fsp3) is 0.778. The third-order valence-electron chi connectivity index (χ3n) is 4.76. The van der Waals surface area contributed by atoms with E-state index < -0.39 is 0 Å². The summed E-state index contributed by atoms with van der Waals surface area (Å²) >= 11 is 0. The zero-order valence-electron chi connectivity index (χ0n) is 14.7. The van der Waals surface area contributed by atoms with Gasteiger partial charge >= 0.3 is 5.97 Å². The maximum Gasteiger partial charge on any atom is 0.314 e. The van der Waals surface area contributed by atoms with E-state index in [1.165, 1.54) is 18.4 Å². The number of rotatable bonds is 7. The van der Waals surface area contributed by atoms with Gasteiger partial charge in [0.25, 0.3) is 0 Å². The first-order valence-electron chi connectivity index (χ1n) is 8.77. The first-order valence-corrected chi connectivity index (χ1v) is 8.77. The van der Waals surface area contributed by atoms with E-state index in [4.69, 9.17) is 9.47 Å². The van der Waals surface area contributed by atoms with Gasteiger partial charge in [0.05, 0.1) is 18.6 Å². The number of carbonyl (C=O) groups is 1. The number of allylic oxidation sites excluding steroid dienone is 1. The second-order valence-corrected chi connectivity index (χ2v) is 6.59. The molecule has 0 aromatic rings. The molecule has 1 heterocycles. The van der Waals surface area contributed by atoms with Crippen molar-refractivity contribution in [3.63, 3.8) is 0 Å². The highest BCUT2D eigenvalue weighted by atomic mass is 16.5. The molecule has 0 aromatic heterocycles. The topological polar surface area (TPSA) is 51.1 Å². The predicted octanol–water partition coefficient (Wildman–Crippen LogP) is 3.15. The summed E-state index contributed by atoms with van der Waals surface area (Å²) in [4.78, 5) is 12.2. The zero-order chi connectivity index (χ0) is 16.7. The van der Waals surface area contributed by atoms with Crippen molar-refractivity contribution in [2.75, 3.05) is 26.9 Å². The molecule has 1 aliphatic carbocycles. The van der Waals surface area contributed by atoms with Crippen LogP contribution in [0.3, 0.4) is 0 Å². The molecule has 130 valence electrons. The van der Waals surface area contributed by atoms with Gasteiger partial charge in [0.2, 0.25) is 0 Å². The number of esters is 1. The molecule has 2 atom stereocenters. The molecule has 0 radical (unpaired) electrons. The third kappa shape index (κ3) is 5.34. The predicted molar refractivity (Wildman–Crippen MR) is 91.4 cm³/mol.